The summed E-state index contributed by atoms with van der Waals surface area (Å²) in [7, 11) is 0. The summed E-state index contributed by atoms with van der Waals surface area (Å²) >= 11 is 6.25. The van der Waals surface area contributed by atoms with Crippen LogP contribution in [0.15, 0.2) is 23.8 Å². The van der Waals surface area contributed by atoms with Gasteiger partial charge in [0.1, 0.15) is 24.4 Å². The van der Waals surface area contributed by atoms with Gasteiger partial charge >= 0.3 is 0 Å². The van der Waals surface area contributed by atoms with Crippen molar-refractivity contribution in [2.75, 3.05) is 19.8 Å². The van der Waals surface area contributed by atoms with Crippen LogP contribution in [0, 0.1) is 0 Å². The summed E-state index contributed by atoms with van der Waals surface area (Å²) in [5.41, 5.74) is 1.94. The van der Waals surface area contributed by atoms with Gasteiger partial charge in [0.2, 0.25) is 5.79 Å². The second-order valence-corrected chi connectivity index (χ2v) is 7.02. The molecule has 2 saturated heterocycles. The van der Waals surface area contributed by atoms with Gasteiger partial charge in [0.15, 0.2) is 0 Å². The summed E-state index contributed by atoms with van der Waals surface area (Å²) in [6, 6.07) is 4.59. The first-order valence-corrected chi connectivity index (χ1v) is 8.87. The highest BCUT2D eigenvalue weighted by atomic mass is 35.5. The number of halogens is 1. The van der Waals surface area contributed by atoms with Crippen LogP contribution in [0.1, 0.15) is 24.0 Å². The van der Waals surface area contributed by atoms with Crippen LogP contribution in [0.25, 0.3) is 6.08 Å². The molecule has 3 rings (SSSR count). The van der Waals surface area contributed by atoms with Crippen molar-refractivity contribution in [1.29, 1.82) is 0 Å². The lowest BCUT2D eigenvalue weighted by Gasteiger charge is -2.45. The van der Waals surface area contributed by atoms with Crippen molar-refractivity contribution in [3.05, 3.63) is 39.9 Å². The van der Waals surface area contributed by atoms with Crippen molar-refractivity contribution >= 4 is 17.7 Å². The van der Waals surface area contributed by atoms with Gasteiger partial charge in [0, 0.05) is 10.6 Å². The van der Waals surface area contributed by atoms with E-state index in [9.17, 15) is 25.5 Å². The number of aliphatic hydroxyl groups is 5. The van der Waals surface area contributed by atoms with Gasteiger partial charge in [-0.3, -0.25) is 0 Å². The highest BCUT2D eigenvalue weighted by molar-refractivity contribution is 6.32. The minimum Gasteiger partial charge on any atom is -0.394 e. The minimum absolute atomic E-state index is 0.165. The number of rotatable bonds is 3. The van der Waals surface area contributed by atoms with E-state index in [1.165, 1.54) is 6.07 Å². The topological polar surface area (TPSA) is 120 Å². The van der Waals surface area contributed by atoms with Crippen molar-refractivity contribution in [2.45, 2.75) is 43.0 Å². The molecule has 0 aromatic heterocycles. The van der Waals surface area contributed by atoms with Crippen LogP contribution in [0.3, 0.4) is 0 Å². The number of aliphatic hydroxyl groups excluding tert-OH is 4. The molecule has 5 atom stereocenters. The summed E-state index contributed by atoms with van der Waals surface area (Å²) in [5.74, 6) is -2.29. The predicted octanol–water partition coefficient (Wildman–Crippen LogP) is 0.153. The van der Waals surface area contributed by atoms with Crippen LogP contribution in [-0.2, 0) is 15.3 Å². The van der Waals surface area contributed by atoms with Crippen molar-refractivity contribution in [2.24, 2.45) is 0 Å². The molecule has 7 nitrogen and oxygen atoms in total. The van der Waals surface area contributed by atoms with Crippen LogP contribution in [0.4, 0.5) is 0 Å². The maximum atomic E-state index is 10.9. The Morgan fingerprint density at radius 1 is 1.15 bits per heavy atom. The Morgan fingerprint density at radius 2 is 1.85 bits per heavy atom. The molecule has 0 saturated carbocycles. The molecule has 2 aliphatic rings. The van der Waals surface area contributed by atoms with Gasteiger partial charge in [-0.2, -0.15) is 0 Å². The van der Waals surface area contributed by atoms with E-state index in [-0.39, 0.29) is 5.56 Å². The molecule has 2 fully saturated rings. The zero-order valence-corrected chi connectivity index (χ0v) is 14.8. The largest absolute Gasteiger partial charge is 0.394 e. The molecule has 0 spiro atoms. The van der Waals surface area contributed by atoms with Gasteiger partial charge in [0.25, 0.3) is 0 Å². The van der Waals surface area contributed by atoms with Gasteiger partial charge in [0.05, 0.1) is 19.8 Å². The van der Waals surface area contributed by atoms with Crippen LogP contribution in [-0.4, -0.2) is 69.8 Å². The molecule has 1 aromatic carbocycles. The molecule has 0 radical (unpaired) electrons. The molecular weight excluding hydrogens is 364 g/mol. The van der Waals surface area contributed by atoms with Gasteiger partial charge in [-0.15, -0.1) is 0 Å². The second kappa shape index (κ2) is 7.92. The average Bonchev–Trinajstić information content (AvgIpc) is 2.65. The van der Waals surface area contributed by atoms with Gasteiger partial charge in [-0.05, 0) is 30.5 Å². The Balaban J connectivity index is 1.96. The first kappa shape index (κ1) is 19.7. The Labute approximate surface area is 156 Å². The third-order valence-electron chi connectivity index (χ3n) is 4.87. The smallest absolute Gasteiger partial charge is 0.222 e. The Bertz CT molecular complexity index is 670. The molecule has 1 aromatic rings. The lowest BCUT2D eigenvalue weighted by atomic mass is 9.87. The lowest BCUT2D eigenvalue weighted by molar-refractivity contribution is -0.357. The summed E-state index contributed by atoms with van der Waals surface area (Å²) in [4.78, 5) is 0. The SMILES string of the molecule is OC[C@H]1O[C@@](O)(c2ccc(Cl)c(C=C3CCOCC3)c2)[C@H](O)[C@@H](O)[C@@H]1O. The fourth-order valence-corrected chi connectivity index (χ4v) is 3.44. The quantitative estimate of drug-likeness (QED) is 0.501. The van der Waals surface area contributed by atoms with E-state index in [1.54, 1.807) is 12.1 Å². The molecule has 26 heavy (non-hydrogen) atoms. The van der Waals surface area contributed by atoms with E-state index >= 15 is 0 Å². The standard InChI is InChI=1S/C18H23ClO7/c19-13-2-1-12(8-11(13)7-10-3-5-25-6-4-10)18(24)17(23)16(22)15(21)14(9-20)26-18/h1-2,7-8,14-17,20-24H,3-6,9H2/t14-,15-,16+,17-,18+/m1/s1. The molecule has 0 unspecified atom stereocenters. The van der Waals surface area contributed by atoms with Gasteiger partial charge in [-0.25, -0.2) is 0 Å². The Kier molecular flexibility index (Phi) is 6.01. The van der Waals surface area contributed by atoms with Crippen LogP contribution < -0.4 is 0 Å². The molecule has 8 heteroatoms. The summed E-state index contributed by atoms with van der Waals surface area (Å²) in [5, 5.41) is 50.8. The molecule has 2 aliphatic heterocycles. The molecule has 5 N–H and O–H groups in total. The van der Waals surface area contributed by atoms with Gasteiger partial charge in [-0.1, -0.05) is 29.3 Å². The monoisotopic (exact) mass is 386 g/mol. The number of hydrogen-bond donors (Lipinski definition) is 5. The van der Waals surface area contributed by atoms with E-state index < -0.39 is 36.8 Å². The van der Waals surface area contributed by atoms with Crippen LogP contribution >= 0.6 is 11.6 Å². The van der Waals surface area contributed by atoms with Gasteiger partial charge < -0.3 is 35.0 Å². The van der Waals surface area contributed by atoms with E-state index in [4.69, 9.17) is 21.1 Å². The van der Waals surface area contributed by atoms with Crippen LogP contribution in [0.5, 0.6) is 0 Å². The molecule has 2 heterocycles. The fourth-order valence-electron chi connectivity index (χ4n) is 3.27. The third kappa shape index (κ3) is 3.67. The molecule has 0 bridgehead atoms. The summed E-state index contributed by atoms with van der Waals surface area (Å²) in [6.45, 7) is 0.645. The molecular formula is C18H23ClO7. The third-order valence-corrected chi connectivity index (χ3v) is 5.21. The maximum absolute atomic E-state index is 10.9. The molecule has 144 valence electrons. The van der Waals surface area contributed by atoms with E-state index in [0.717, 1.165) is 18.4 Å². The number of hydrogen-bond acceptors (Lipinski definition) is 7. The highest BCUT2D eigenvalue weighted by Gasteiger charge is 2.53. The highest BCUT2D eigenvalue weighted by Crippen LogP contribution is 2.38. The second-order valence-electron chi connectivity index (χ2n) is 6.61. The van der Waals surface area contributed by atoms with E-state index in [2.05, 4.69) is 0 Å². The van der Waals surface area contributed by atoms with E-state index in [0.29, 0.717) is 23.8 Å². The lowest BCUT2D eigenvalue weighted by Crippen LogP contribution is -2.63. The predicted molar refractivity (Wildman–Crippen MR) is 93.4 cm³/mol. The number of benzene rings is 1. The minimum atomic E-state index is -2.29. The van der Waals surface area contributed by atoms with Crippen molar-refractivity contribution < 1.29 is 35.0 Å². The number of ether oxygens (including phenoxy) is 2. The zero-order valence-electron chi connectivity index (χ0n) is 14.1. The Hall–Kier alpha value is -1.03. The summed E-state index contributed by atoms with van der Waals surface area (Å²) in [6.07, 6.45) is -2.79. The van der Waals surface area contributed by atoms with Crippen molar-refractivity contribution in [1.82, 2.24) is 0 Å². The first-order valence-electron chi connectivity index (χ1n) is 8.49. The normalized spacial score (nSPS) is 35.4. The summed E-state index contributed by atoms with van der Waals surface area (Å²) < 4.78 is 10.7. The van der Waals surface area contributed by atoms with Crippen LogP contribution in [0.2, 0.25) is 5.02 Å². The maximum Gasteiger partial charge on any atom is 0.222 e. The fraction of sp³-hybridized carbons (Fsp3) is 0.556. The molecule has 0 aliphatic carbocycles. The average molecular weight is 387 g/mol. The Morgan fingerprint density at radius 3 is 2.50 bits per heavy atom. The molecule has 0 amide bonds. The first-order chi connectivity index (χ1) is 12.4. The van der Waals surface area contributed by atoms with E-state index in [1.807, 2.05) is 6.08 Å². The van der Waals surface area contributed by atoms with Crippen molar-refractivity contribution in [3.8, 4) is 0 Å². The zero-order chi connectivity index (χ0) is 18.9. The van der Waals surface area contributed by atoms with Crippen molar-refractivity contribution in [3.63, 3.8) is 0 Å².